The molecule has 4 rings (SSSR count). The number of nitrogen functional groups attached to an aromatic ring is 1. The number of aromatic nitrogens is 2. The molecule has 1 saturated carbocycles. The molecule has 0 unspecified atom stereocenters. The molecular weight excluding hydrogens is 541 g/mol. The lowest BCUT2D eigenvalue weighted by atomic mass is 9.84. The lowest BCUT2D eigenvalue weighted by Gasteiger charge is -2.28. The zero-order valence-electron chi connectivity index (χ0n) is 19.0. The average Bonchev–Trinajstić information content (AvgIpc) is 2.83. The third-order valence-electron chi connectivity index (χ3n) is 6.24. The van der Waals surface area contributed by atoms with E-state index >= 15 is 0 Å². The fourth-order valence-electron chi connectivity index (χ4n) is 4.28. The number of aliphatic hydroxyl groups is 2. The fourth-order valence-corrected chi connectivity index (χ4v) is 4.77. The van der Waals surface area contributed by atoms with Crippen LogP contribution in [0.1, 0.15) is 52.8 Å². The van der Waals surface area contributed by atoms with Crippen LogP contribution in [0.25, 0.3) is 11.3 Å². The minimum atomic E-state index is -1.36. The van der Waals surface area contributed by atoms with Gasteiger partial charge in [0.2, 0.25) is 0 Å². The Bertz CT molecular complexity index is 1260. The summed E-state index contributed by atoms with van der Waals surface area (Å²) in [4.78, 5) is 21.3. The highest BCUT2D eigenvalue weighted by atomic mass is 79.9. The summed E-state index contributed by atoms with van der Waals surface area (Å²) >= 11 is 3.16. The Balaban J connectivity index is 1.56. The summed E-state index contributed by atoms with van der Waals surface area (Å²) in [5.41, 5.74) is 6.94. The Morgan fingerprint density at radius 2 is 2.00 bits per heavy atom. The molecule has 11 heteroatoms. The van der Waals surface area contributed by atoms with Crippen LogP contribution in [-0.2, 0) is 0 Å². The minimum Gasteiger partial charge on any atom is -0.394 e. The number of benzene rings is 2. The van der Waals surface area contributed by atoms with Crippen LogP contribution in [0.5, 0.6) is 0 Å². The Labute approximate surface area is 213 Å². The first-order valence-corrected chi connectivity index (χ1v) is 12.1. The monoisotopic (exact) mass is 564 g/mol. The largest absolute Gasteiger partial charge is 0.394 e. The Kier molecular flexibility index (Phi) is 7.91. The van der Waals surface area contributed by atoms with E-state index in [-0.39, 0.29) is 35.0 Å². The summed E-state index contributed by atoms with van der Waals surface area (Å²) in [5, 5.41) is 21.8. The van der Waals surface area contributed by atoms with Crippen molar-refractivity contribution in [2.45, 2.75) is 43.5 Å². The van der Waals surface area contributed by atoms with Crippen molar-refractivity contribution in [3.05, 3.63) is 75.5 Å². The highest BCUT2D eigenvalue weighted by Crippen LogP contribution is 2.35. The minimum absolute atomic E-state index is 0.0417. The van der Waals surface area contributed by atoms with Crippen molar-refractivity contribution in [1.29, 1.82) is 0 Å². The van der Waals surface area contributed by atoms with E-state index in [0.717, 1.165) is 12.1 Å². The molecule has 1 aromatic heterocycles. The summed E-state index contributed by atoms with van der Waals surface area (Å²) < 4.78 is 43.2. The van der Waals surface area contributed by atoms with Gasteiger partial charge in [-0.3, -0.25) is 4.79 Å². The molecule has 1 fully saturated rings. The van der Waals surface area contributed by atoms with Crippen molar-refractivity contribution >= 4 is 27.7 Å². The van der Waals surface area contributed by atoms with E-state index in [1.807, 2.05) is 0 Å². The van der Waals surface area contributed by atoms with Gasteiger partial charge in [0, 0.05) is 16.0 Å². The van der Waals surface area contributed by atoms with Crippen LogP contribution in [0.15, 0.2) is 47.1 Å². The van der Waals surface area contributed by atoms with Gasteiger partial charge in [-0.05, 0) is 55.2 Å². The SMILES string of the molecule is Nc1ncc([C@@H]2CC[C@H](O)[C@H](F)C2)nc1-c1ccc(C(=O)N[C@H](CO)c2cc(F)cc(Br)c2)c(F)c1. The second kappa shape index (κ2) is 10.9. The standard InChI is InChI=1S/C25H24BrF3N4O3/c26-15-5-14(6-16(27)9-15)21(11-34)33-25(36)17-3-1-13(8-18(17)28)23-24(30)31-10-20(32-23)12-2-4-22(35)19(29)7-12/h1,3,5-6,8-10,12,19,21-22,34-35H,2,4,7,11H2,(H2,30,31)(H,33,36)/t12-,19-,21-,22+/m1/s1. The fraction of sp³-hybridized carbons (Fsp3) is 0.320. The molecule has 5 N–H and O–H groups in total. The number of hydrogen-bond acceptors (Lipinski definition) is 6. The summed E-state index contributed by atoms with van der Waals surface area (Å²) in [5.74, 6) is -2.45. The maximum absolute atomic E-state index is 15.0. The summed E-state index contributed by atoms with van der Waals surface area (Å²) in [7, 11) is 0. The first-order chi connectivity index (χ1) is 17.2. The lowest BCUT2D eigenvalue weighted by molar-refractivity contribution is 0.0363. The molecule has 2 aromatic carbocycles. The number of anilines is 1. The number of alkyl halides is 1. The van der Waals surface area contributed by atoms with E-state index in [2.05, 4.69) is 31.2 Å². The summed E-state index contributed by atoms with van der Waals surface area (Å²) in [6, 6.07) is 6.77. The molecule has 0 bridgehead atoms. The number of aliphatic hydroxyl groups excluding tert-OH is 2. The molecular formula is C25H24BrF3N4O3. The summed E-state index contributed by atoms with van der Waals surface area (Å²) in [6.07, 6.45) is 0.0155. The third-order valence-corrected chi connectivity index (χ3v) is 6.70. The van der Waals surface area contributed by atoms with Gasteiger partial charge in [-0.2, -0.15) is 0 Å². The average molecular weight is 565 g/mol. The molecule has 1 aliphatic carbocycles. The topological polar surface area (TPSA) is 121 Å². The molecule has 36 heavy (non-hydrogen) atoms. The molecule has 0 aliphatic heterocycles. The number of nitrogens with one attached hydrogen (secondary N) is 1. The van der Waals surface area contributed by atoms with E-state index in [1.165, 1.54) is 30.5 Å². The van der Waals surface area contributed by atoms with Crippen LogP contribution in [0.4, 0.5) is 19.0 Å². The van der Waals surface area contributed by atoms with E-state index in [0.29, 0.717) is 28.6 Å². The van der Waals surface area contributed by atoms with Crippen molar-refractivity contribution in [2.24, 2.45) is 0 Å². The molecule has 0 saturated heterocycles. The van der Waals surface area contributed by atoms with Crippen LogP contribution < -0.4 is 11.1 Å². The van der Waals surface area contributed by atoms with Crippen LogP contribution in [0.3, 0.4) is 0 Å². The molecule has 4 atom stereocenters. The normalized spacial score (nSPS) is 20.7. The second-order valence-electron chi connectivity index (χ2n) is 8.73. The van der Waals surface area contributed by atoms with Crippen LogP contribution in [0.2, 0.25) is 0 Å². The number of carbonyl (C=O) groups is 1. The second-order valence-corrected chi connectivity index (χ2v) is 9.64. The number of nitrogens with two attached hydrogens (primary N) is 1. The number of amides is 1. The van der Waals surface area contributed by atoms with Crippen molar-refractivity contribution in [3.8, 4) is 11.3 Å². The lowest BCUT2D eigenvalue weighted by Crippen LogP contribution is -2.31. The van der Waals surface area contributed by atoms with Gasteiger partial charge >= 0.3 is 0 Å². The number of nitrogens with zero attached hydrogens (tertiary/aromatic N) is 2. The van der Waals surface area contributed by atoms with Gasteiger partial charge in [-0.15, -0.1) is 0 Å². The van der Waals surface area contributed by atoms with Gasteiger partial charge in [-0.25, -0.2) is 23.1 Å². The molecule has 0 spiro atoms. The molecule has 0 radical (unpaired) electrons. The van der Waals surface area contributed by atoms with Crippen LogP contribution in [0, 0.1) is 11.6 Å². The van der Waals surface area contributed by atoms with E-state index in [9.17, 15) is 28.2 Å². The Hall–Kier alpha value is -3.02. The maximum Gasteiger partial charge on any atom is 0.254 e. The molecule has 1 heterocycles. The van der Waals surface area contributed by atoms with Crippen molar-refractivity contribution in [3.63, 3.8) is 0 Å². The highest BCUT2D eigenvalue weighted by molar-refractivity contribution is 9.10. The van der Waals surface area contributed by atoms with Gasteiger partial charge in [-0.1, -0.05) is 22.0 Å². The zero-order valence-corrected chi connectivity index (χ0v) is 20.6. The van der Waals surface area contributed by atoms with Crippen LogP contribution >= 0.6 is 15.9 Å². The predicted octanol–water partition coefficient (Wildman–Crippen LogP) is 4.20. The van der Waals surface area contributed by atoms with Crippen LogP contribution in [-0.4, -0.2) is 45.0 Å². The first kappa shape index (κ1) is 26.1. The van der Waals surface area contributed by atoms with Gasteiger partial charge in [0.05, 0.1) is 36.2 Å². The molecule has 1 amide bonds. The van der Waals surface area contributed by atoms with Gasteiger partial charge in [0.15, 0.2) is 0 Å². The number of carbonyl (C=O) groups excluding carboxylic acids is 1. The molecule has 190 valence electrons. The number of hydrogen-bond donors (Lipinski definition) is 4. The highest BCUT2D eigenvalue weighted by Gasteiger charge is 2.31. The molecule has 3 aromatic rings. The number of halogens is 4. The third kappa shape index (κ3) is 5.69. The van der Waals surface area contributed by atoms with Gasteiger partial charge < -0.3 is 21.3 Å². The molecule has 7 nitrogen and oxygen atoms in total. The summed E-state index contributed by atoms with van der Waals surface area (Å²) in [6.45, 7) is -0.530. The van der Waals surface area contributed by atoms with Gasteiger partial charge in [0.25, 0.3) is 5.91 Å². The smallest absolute Gasteiger partial charge is 0.254 e. The van der Waals surface area contributed by atoms with E-state index in [4.69, 9.17) is 5.73 Å². The first-order valence-electron chi connectivity index (χ1n) is 11.3. The van der Waals surface area contributed by atoms with E-state index < -0.39 is 42.5 Å². The quantitative estimate of drug-likeness (QED) is 0.356. The maximum atomic E-state index is 15.0. The Morgan fingerprint density at radius 3 is 2.67 bits per heavy atom. The van der Waals surface area contributed by atoms with Crippen molar-refractivity contribution in [1.82, 2.24) is 15.3 Å². The van der Waals surface area contributed by atoms with E-state index in [1.54, 1.807) is 0 Å². The zero-order chi connectivity index (χ0) is 26.0. The molecule has 1 aliphatic rings. The number of rotatable bonds is 6. The van der Waals surface area contributed by atoms with Gasteiger partial charge in [0.1, 0.15) is 29.3 Å². The van der Waals surface area contributed by atoms with Crippen molar-refractivity contribution in [2.75, 3.05) is 12.3 Å². The Morgan fingerprint density at radius 1 is 1.22 bits per heavy atom. The predicted molar refractivity (Wildman–Crippen MR) is 131 cm³/mol. The van der Waals surface area contributed by atoms with Crippen molar-refractivity contribution < 1.29 is 28.2 Å².